The fourth-order valence-corrected chi connectivity index (χ4v) is 3.68. The number of hydrogen-bond donors (Lipinski definition) is 2. The minimum atomic E-state index is -0.579. The predicted octanol–water partition coefficient (Wildman–Crippen LogP) is 1.15. The minimum Gasteiger partial charge on any atom is -0.393 e. The topological polar surface area (TPSA) is 72.9 Å². The van der Waals surface area contributed by atoms with E-state index < -0.39 is 11.9 Å². The molecule has 2 aliphatic rings. The monoisotopic (exact) mass is 383 g/mol. The largest absolute Gasteiger partial charge is 0.393 e. The molecule has 2 N–H and O–H groups in total. The zero-order chi connectivity index (χ0) is 18.7. The molecule has 26 heavy (non-hydrogen) atoms. The number of carbonyl (C=O) groups is 2. The summed E-state index contributed by atoms with van der Waals surface area (Å²) in [6.45, 7) is 2.49. The molecule has 1 unspecified atom stereocenters. The van der Waals surface area contributed by atoms with Crippen molar-refractivity contribution in [1.29, 1.82) is 0 Å². The number of piperazine rings is 1. The highest BCUT2D eigenvalue weighted by Gasteiger charge is 2.34. The molecular formula is C18H23ClFN3O3. The van der Waals surface area contributed by atoms with Gasteiger partial charge in [0, 0.05) is 37.7 Å². The van der Waals surface area contributed by atoms with E-state index in [0.717, 1.165) is 5.56 Å². The molecule has 1 aromatic rings. The summed E-state index contributed by atoms with van der Waals surface area (Å²) in [5.74, 6) is -0.678. The van der Waals surface area contributed by atoms with Crippen molar-refractivity contribution in [3.05, 3.63) is 34.6 Å². The van der Waals surface area contributed by atoms with Crippen molar-refractivity contribution < 1.29 is 19.1 Å². The Hall–Kier alpha value is -1.70. The molecule has 2 aliphatic heterocycles. The number of aliphatic hydroxyl groups excluding tert-OH is 1. The van der Waals surface area contributed by atoms with Crippen LogP contribution in [0.2, 0.25) is 5.02 Å². The van der Waals surface area contributed by atoms with Gasteiger partial charge in [0.25, 0.3) is 0 Å². The lowest BCUT2D eigenvalue weighted by molar-refractivity contribution is -0.140. The van der Waals surface area contributed by atoms with E-state index in [1.54, 1.807) is 11.0 Å². The van der Waals surface area contributed by atoms with Gasteiger partial charge in [-0.25, -0.2) is 4.39 Å². The van der Waals surface area contributed by atoms with Gasteiger partial charge in [0.2, 0.25) is 11.8 Å². The summed E-state index contributed by atoms with van der Waals surface area (Å²) in [6.07, 6.45) is 0.865. The van der Waals surface area contributed by atoms with E-state index in [4.69, 9.17) is 11.6 Å². The van der Waals surface area contributed by atoms with Crippen LogP contribution < -0.4 is 5.32 Å². The van der Waals surface area contributed by atoms with E-state index in [1.165, 1.54) is 12.1 Å². The second kappa shape index (κ2) is 8.33. The number of nitrogens with zero attached hydrogens (tertiary/aromatic N) is 2. The molecule has 2 amide bonds. The highest BCUT2D eigenvalue weighted by Crippen LogP contribution is 2.22. The van der Waals surface area contributed by atoms with E-state index in [9.17, 15) is 19.1 Å². The second-order valence-corrected chi connectivity index (χ2v) is 7.24. The third kappa shape index (κ3) is 4.52. The van der Waals surface area contributed by atoms with E-state index in [2.05, 4.69) is 5.32 Å². The van der Waals surface area contributed by atoms with E-state index in [0.29, 0.717) is 50.6 Å². The number of amides is 2. The quantitative estimate of drug-likeness (QED) is 0.818. The van der Waals surface area contributed by atoms with E-state index in [-0.39, 0.29) is 24.3 Å². The average molecular weight is 384 g/mol. The Balaban J connectivity index is 1.68. The number of benzene rings is 1. The van der Waals surface area contributed by atoms with Crippen LogP contribution in [0.3, 0.4) is 0 Å². The highest BCUT2D eigenvalue weighted by molar-refractivity contribution is 6.31. The smallest absolute Gasteiger partial charge is 0.237 e. The first-order valence-corrected chi connectivity index (χ1v) is 9.23. The maximum Gasteiger partial charge on any atom is 0.237 e. The van der Waals surface area contributed by atoms with Gasteiger partial charge in [-0.15, -0.1) is 0 Å². The number of halogens is 2. The van der Waals surface area contributed by atoms with E-state index in [1.807, 2.05) is 4.90 Å². The molecule has 2 heterocycles. The first kappa shape index (κ1) is 19.1. The normalized spacial score (nSPS) is 22.3. The van der Waals surface area contributed by atoms with Crippen molar-refractivity contribution in [1.82, 2.24) is 15.1 Å². The maximum atomic E-state index is 13.2. The average Bonchev–Trinajstić information content (AvgIpc) is 2.60. The Kier molecular flexibility index (Phi) is 6.11. The van der Waals surface area contributed by atoms with Crippen LogP contribution >= 0.6 is 11.6 Å². The molecule has 0 aromatic heterocycles. The molecule has 8 heteroatoms. The van der Waals surface area contributed by atoms with Crippen LogP contribution in [-0.4, -0.2) is 65.0 Å². The lowest BCUT2D eigenvalue weighted by Crippen LogP contribution is -2.56. The number of piperidine rings is 1. The molecule has 142 valence electrons. The van der Waals surface area contributed by atoms with Crippen molar-refractivity contribution in [2.45, 2.75) is 38.0 Å². The number of carbonyl (C=O) groups excluding carboxylic acids is 2. The molecule has 2 saturated heterocycles. The lowest BCUT2D eigenvalue weighted by Gasteiger charge is -2.37. The van der Waals surface area contributed by atoms with Crippen molar-refractivity contribution in [2.75, 3.05) is 26.2 Å². The Morgan fingerprint density at radius 1 is 1.31 bits per heavy atom. The fourth-order valence-electron chi connectivity index (χ4n) is 3.45. The first-order valence-electron chi connectivity index (χ1n) is 8.85. The Morgan fingerprint density at radius 3 is 2.73 bits per heavy atom. The van der Waals surface area contributed by atoms with Crippen molar-refractivity contribution in [3.63, 3.8) is 0 Å². The Morgan fingerprint density at radius 2 is 2.04 bits per heavy atom. The molecule has 6 nitrogen and oxygen atoms in total. The first-order chi connectivity index (χ1) is 12.4. The highest BCUT2D eigenvalue weighted by atomic mass is 35.5. The molecule has 1 atom stereocenters. The van der Waals surface area contributed by atoms with Crippen molar-refractivity contribution in [3.8, 4) is 0 Å². The fraction of sp³-hybridized carbons (Fsp3) is 0.556. The third-order valence-electron chi connectivity index (χ3n) is 5.02. The minimum absolute atomic E-state index is 0.0841. The Labute approximate surface area is 156 Å². The predicted molar refractivity (Wildman–Crippen MR) is 95.1 cm³/mol. The van der Waals surface area contributed by atoms with Crippen LogP contribution in [0.1, 0.15) is 24.8 Å². The van der Waals surface area contributed by atoms with Gasteiger partial charge >= 0.3 is 0 Å². The molecule has 1 aromatic carbocycles. The zero-order valence-corrected chi connectivity index (χ0v) is 15.2. The third-order valence-corrected chi connectivity index (χ3v) is 5.37. The number of aliphatic hydroxyl groups is 1. The maximum absolute atomic E-state index is 13.2. The van der Waals surface area contributed by atoms with Gasteiger partial charge in [0.1, 0.15) is 5.82 Å². The number of hydrogen-bond acceptors (Lipinski definition) is 4. The zero-order valence-electron chi connectivity index (χ0n) is 14.5. The van der Waals surface area contributed by atoms with Crippen LogP contribution in [0.15, 0.2) is 18.2 Å². The molecule has 2 fully saturated rings. The molecule has 3 rings (SSSR count). The SMILES string of the molecule is O=C1NCCN(Cc2ccc(F)cc2Cl)C1CC(=O)N1CCC(O)CC1. The van der Waals surface area contributed by atoms with Gasteiger partial charge in [0.15, 0.2) is 0 Å². The number of likely N-dealkylation sites (tertiary alicyclic amines) is 1. The van der Waals surface area contributed by atoms with Gasteiger partial charge in [0.05, 0.1) is 18.6 Å². The molecule has 0 spiro atoms. The standard InChI is InChI=1S/C18H23ClFN3O3/c19-15-9-13(20)2-1-12(15)11-23-8-5-21-18(26)16(23)10-17(25)22-6-3-14(24)4-7-22/h1-2,9,14,16,24H,3-8,10-11H2,(H,21,26). The van der Waals surface area contributed by atoms with Gasteiger partial charge in [-0.3, -0.25) is 14.5 Å². The van der Waals surface area contributed by atoms with Crippen molar-refractivity contribution in [2.24, 2.45) is 0 Å². The molecular weight excluding hydrogens is 361 g/mol. The molecule has 0 aliphatic carbocycles. The van der Waals surface area contributed by atoms with Crippen LogP contribution in [0, 0.1) is 5.82 Å². The van der Waals surface area contributed by atoms with Crippen LogP contribution in [0.25, 0.3) is 0 Å². The summed E-state index contributed by atoms with van der Waals surface area (Å²) in [6, 6.07) is 3.61. The van der Waals surface area contributed by atoms with Gasteiger partial charge in [-0.05, 0) is 30.5 Å². The van der Waals surface area contributed by atoms with E-state index >= 15 is 0 Å². The van der Waals surface area contributed by atoms with Gasteiger partial charge in [-0.1, -0.05) is 17.7 Å². The van der Waals surface area contributed by atoms with Gasteiger partial charge in [-0.2, -0.15) is 0 Å². The molecule has 0 radical (unpaired) electrons. The van der Waals surface area contributed by atoms with Crippen LogP contribution in [-0.2, 0) is 16.1 Å². The summed E-state index contributed by atoms with van der Waals surface area (Å²) in [4.78, 5) is 28.6. The summed E-state index contributed by atoms with van der Waals surface area (Å²) in [5, 5.41) is 12.7. The second-order valence-electron chi connectivity index (χ2n) is 6.83. The van der Waals surface area contributed by atoms with Crippen LogP contribution in [0.5, 0.6) is 0 Å². The summed E-state index contributed by atoms with van der Waals surface area (Å²) >= 11 is 6.11. The Bertz CT molecular complexity index is 680. The summed E-state index contributed by atoms with van der Waals surface area (Å²) < 4.78 is 13.2. The van der Waals surface area contributed by atoms with Gasteiger partial charge < -0.3 is 15.3 Å². The number of rotatable bonds is 4. The molecule has 0 bridgehead atoms. The molecule has 0 saturated carbocycles. The lowest BCUT2D eigenvalue weighted by atomic mass is 10.0. The number of nitrogens with one attached hydrogen (secondary N) is 1. The summed E-state index contributed by atoms with van der Waals surface area (Å²) in [7, 11) is 0. The van der Waals surface area contributed by atoms with Crippen LogP contribution in [0.4, 0.5) is 4.39 Å². The summed E-state index contributed by atoms with van der Waals surface area (Å²) in [5.41, 5.74) is 0.723. The van der Waals surface area contributed by atoms with Crippen molar-refractivity contribution >= 4 is 23.4 Å².